The molecule has 3 aromatic carbocycles. The van der Waals surface area contributed by atoms with Gasteiger partial charge in [0, 0.05) is 31.1 Å². The highest BCUT2D eigenvalue weighted by Gasteiger charge is 2.39. The SMILES string of the molecule is CCNc1ccc(C#N)cc1/N=C1/S/C(=C2\Sc3ccc(OCCN4CCCCC4)cc3N2C)C(=O)N1Cc1ccccc1. The zero-order chi connectivity index (χ0) is 30.5. The number of anilines is 2. The number of ether oxygens (including phenoxy) is 1. The monoisotopic (exact) mass is 624 g/mol. The Bertz CT molecular complexity index is 1630. The molecule has 0 bridgehead atoms. The Morgan fingerprint density at radius 1 is 1.02 bits per heavy atom. The predicted octanol–water partition coefficient (Wildman–Crippen LogP) is 7.03. The van der Waals surface area contributed by atoms with Crippen molar-refractivity contribution in [3.05, 3.63) is 87.8 Å². The van der Waals surface area contributed by atoms with Crippen LogP contribution >= 0.6 is 23.5 Å². The van der Waals surface area contributed by atoms with E-state index in [1.807, 2.05) is 56.4 Å². The van der Waals surface area contributed by atoms with Crippen molar-refractivity contribution in [3.63, 3.8) is 0 Å². The maximum Gasteiger partial charge on any atom is 0.269 e. The number of carbonyl (C=O) groups is 1. The summed E-state index contributed by atoms with van der Waals surface area (Å²) in [5.41, 5.74) is 4.01. The lowest BCUT2D eigenvalue weighted by atomic mass is 10.1. The third kappa shape index (κ3) is 6.60. The molecule has 0 saturated carbocycles. The van der Waals surface area contributed by atoms with Gasteiger partial charge in [0.1, 0.15) is 17.3 Å². The van der Waals surface area contributed by atoms with Crippen molar-refractivity contribution in [1.29, 1.82) is 5.26 Å². The molecule has 3 aliphatic rings. The molecule has 0 spiro atoms. The van der Waals surface area contributed by atoms with Gasteiger partial charge in [-0.25, -0.2) is 4.99 Å². The summed E-state index contributed by atoms with van der Waals surface area (Å²) < 4.78 is 6.16. The molecule has 3 aromatic rings. The van der Waals surface area contributed by atoms with Crippen LogP contribution in [0.3, 0.4) is 0 Å². The van der Waals surface area contributed by atoms with Gasteiger partial charge in [0.05, 0.1) is 40.3 Å². The quantitative estimate of drug-likeness (QED) is 0.254. The largest absolute Gasteiger partial charge is 0.492 e. The Balaban J connectivity index is 1.28. The smallest absolute Gasteiger partial charge is 0.269 e. The van der Waals surface area contributed by atoms with Gasteiger partial charge in [-0.1, -0.05) is 48.5 Å². The summed E-state index contributed by atoms with van der Waals surface area (Å²) >= 11 is 2.98. The first kappa shape index (κ1) is 30.1. The maximum atomic E-state index is 14.1. The highest BCUT2D eigenvalue weighted by molar-refractivity contribution is 8.19. The van der Waals surface area contributed by atoms with Gasteiger partial charge in [-0.15, -0.1) is 0 Å². The Morgan fingerprint density at radius 2 is 1.84 bits per heavy atom. The fourth-order valence-corrected chi connectivity index (χ4v) is 7.87. The van der Waals surface area contributed by atoms with Crippen molar-refractivity contribution in [2.45, 2.75) is 37.6 Å². The average Bonchev–Trinajstić information content (AvgIpc) is 3.54. The van der Waals surface area contributed by atoms with Crippen molar-refractivity contribution < 1.29 is 9.53 Å². The van der Waals surface area contributed by atoms with Gasteiger partial charge in [0.25, 0.3) is 5.91 Å². The van der Waals surface area contributed by atoms with Crippen LogP contribution in [-0.2, 0) is 11.3 Å². The molecule has 44 heavy (non-hydrogen) atoms. The van der Waals surface area contributed by atoms with Crippen LogP contribution in [0, 0.1) is 11.3 Å². The maximum absolute atomic E-state index is 14.1. The Hall–Kier alpha value is -3.91. The molecular formula is C34H36N6O2S2. The van der Waals surface area contributed by atoms with Gasteiger partial charge in [-0.05, 0) is 80.5 Å². The molecular weight excluding hydrogens is 589 g/mol. The van der Waals surface area contributed by atoms with Crippen LogP contribution in [0.5, 0.6) is 5.75 Å². The molecule has 6 rings (SSSR count). The van der Waals surface area contributed by atoms with Crippen LogP contribution in [0.15, 0.2) is 86.6 Å². The van der Waals surface area contributed by atoms with Crippen LogP contribution in [0.4, 0.5) is 17.1 Å². The number of hydrogen-bond acceptors (Lipinski definition) is 9. The van der Waals surface area contributed by atoms with Crippen molar-refractivity contribution in [3.8, 4) is 11.8 Å². The summed E-state index contributed by atoms with van der Waals surface area (Å²) in [5, 5.41) is 14.3. The molecule has 8 nitrogen and oxygen atoms in total. The van der Waals surface area contributed by atoms with Gasteiger partial charge in [-0.3, -0.25) is 14.6 Å². The first-order chi connectivity index (χ1) is 21.5. The molecule has 0 atom stereocenters. The number of hydrogen-bond donors (Lipinski definition) is 1. The van der Waals surface area contributed by atoms with E-state index < -0.39 is 0 Å². The zero-order valence-electron chi connectivity index (χ0n) is 25.1. The number of aliphatic imine (C=N–C) groups is 1. The molecule has 1 N–H and O–H groups in total. The number of carbonyl (C=O) groups excluding carboxylic acids is 1. The Kier molecular flexibility index (Phi) is 9.45. The molecule has 2 fully saturated rings. The first-order valence-electron chi connectivity index (χ1n) is 15.1. The van der Waals surface area contributed by atoms with Gasteiger partial charge in [-0.2, -0.15) is 5.26 Å². The highest BCUT2D eigenvalue weighted by Crippen LogP contribution is 2.51. The first-order valence-corrected chi connectivity index (χ1v) is 16.7. The number of fused-ring (bicyclic) bond motifs is 1. The predicted molar refractivity (Wildman–Crippen MR) is 181 cm³/mol. The zero-order valence-corrected chi connectivity index (χ0v) is 26.7. The molecule has 10 heteroatoms. The average molecular weight is 625 g/mol. The summed E-state index contributed by atoms with van der Waals surface area (Å²) in [6.45, 7) is 7.03. The van der Waals surface area contributed by atoms with Gasteiger partial charge >= 0.3 is 0 Å². The van der Waals surface area contributed by atoms with E-state index in [4.69, 9.17) is 9.73 Å². The van der Waals surface area contributed by atoms with Gasteiger partial charge in [0.15, 0.2) is 5.17 Å². The summed E-state index contributed by atoms with van der Waals surface area (Å²) in [5.74, 6) is 0.755. The lowest BCUT2D eigenvalue weighted by Crippen LogP contribution is -2.33. The van der Waals surface area contributed by atoms with E-state index in [2.05, 4.69) is 33.3 Å². The topological polar surface area (TPSA) is 84.2 Å². The third-order valence-corrected chi connectivity index (χ3v) is 10.3. The lowest BCUT2D eigenvalue weighted by Gasteiger charge is -2.26. The van der Waals surface area contributed by atoms with Crippen molar-refractivity contribution in [2.75, 3.05) is 50.1 Å². The number of benzene rings is 3. The fraction of sp³-hybridized carbons (Fsp3) is 0.324. The molecule has 226 valence electrons. The van der Waals surface area contributed by atoms with E-state index in [0.717, 1.165) is 52.2 Å². The van der Waals surface area contributed by atoms with E-state index in [0.29, 0.717) is 41.0 Å². The van der Waals surface area contributed by atoms with Gasteiger partial charge < -0.3 is 15.0 Å². The van der Waals surface area contributed by atoms with Crippen LogP contribution in [0.25, 0.3) is 0 Å². The van der Waals surface area contributed by atoms with Crippen LogP contribution in [0.2, 0.25) is 0 Å². The summed E-state index contributed by atoms with van der Waals surface area (Å²) in [4.78, 5) is 27.1. The summed E-state index contributed by atoms with van der Waals surface area (Å²) in [6, 6.07) is 23.7. The summed E-state index contributed by atoms with van der Waals surface area (Å²) in [7, 11) is 2.00. The molecule has 3 heterocycles. The molecule has 0 aliphatic carbocycles. The van der Waals surface area contributed by atoms with E-state index in [1.54, 1.807) is 28.8 Å². The second-order valence-corrected chi connectivity index (χ2v) is 12.9. The highest BCUT2D eigenvalue weighted by atomic mass is 32.2. The van der Waals surface area contributed by atoms with Crippen molar-refractivity contribution >= 4 is 51.7 Å². The summed E-state index contributed by atoms with van der Waals surface area (Å²) in [6.07, 6.45) is 3.87. The Labute approximate surface area is 267 Å². The fourth-order valence-electron chi connectivity index (χ4n) is 5.55. The minimum atomic E-state index is -0.0841. The number of nitrogens with one attached hydrogen (secondary N) is 1. The van der Waals surface area contributed by atoms with Crippen molar-refractivity contribution in [1.82, 2.24) is 9.80 Å². The number of amidine groups is 1. The molecule has 3 aliphatic heterocycles. The normalized spacial score (nSPS) is 19.4. The molecule has 0 aromatic heterocycles. The standard InChI is InChI=1S/C34H36N6O2S2/c1-3-36-27-14-12-25(22-35)20-28(27)37-34-40(23-24-10-6-4-7-11-24)32(41)31(44-34)33-38(2)29-21-26(13-15-30(29)43-33)42-19-18-39-16-8-5-9-17-39/h4,6-7,10-15,20-21,36H,3,5,8-9,16-19,23H2,1-2H3/b33-31-,37-34+. The second-order valence-electron chi connectivity index (χ2n) is 10.9. The number of piperidine rings is 1. The number of thioether (sulfide) groups is 2. The van der Waals surface area contributed by atoms with E-state index >= 15 is 0 Å². The van der Waals surface area contributed by atoms with E-state index in [9.17, 15) is 10.1 Å². The van der Waals surface area contributed by atoms with Crippen LogP contribution < -0.4 is 15.0 Å². The molecule has 1 amide bonds. The van der Waals surface area contributed by atoms with Crippen LogP contribution in [-0.4, -0.2) is 60.7 Å². The van der Waals surface area contributed by atoms with Crippen LogP contribution in [0.1, 0.15) is 37.3 Å². The number of rotatable bonds is 9. The molecule has 0 radical (unpaired) electrons. The number of likely N-dealkylation sites (tertiary alicyclic amines) is 1. The minimum Gasteiger partial charge on any atom is -0.492 e. The molecule has 2 saturated heterocycles. The number of nitrogens with zero attached hydrogens (tertiary/aromatic N) is 5. The third-order valence-electron chi connectivity index (χ3n) is 7.88. The lowest BCUT2D eigenvalue weighted by molar-refractivity contribution is -0.122. The second kappa shape index (κ2) is 13.8. The number of amides is 1. The van der Waals surface area contributed by atoms with Gasteiger partial charge in [0.2, 0.25) is 0 Å². The van der Waals surface area contributed by atoms with Crippen molar-refractivity contribution in [2.24, 2.45) is 4.99 Å². The van der Waals surface area contributed by atoms with E-state index in [-0.39, 0.29) is 5.91 Å². The minimum absolute atomic E-state index is 0.0841. The molecule has 0 unspecified atom stereocenters. The van der Waals surface area contributed by atoms with E-state index in [1.165, 1.54) is 31.0 Å². The Morgan fingerprint density at radius 3 is 2.61 bits per heavy atom. The number of nitriles is 1.